The fraction of sp³-hybridized carbons (Fsp3) is 0.636. The number of nitrogens with one attached hydrogen (secondary N) is 2. The molecule has 0 aliphatic rings. The van der Waals surface area contributed by atoms with Crippen LogP contribution in [0, 0.1) is 0 Å². The predicted molar refractivity (Wildman–Crippen MR) is 67.6 cm³/mol. The van der Waals surface area contributed by atoms with Crippen molar-refractivity contribution in [1.82, 2.24) is 25.4 Å². The molecule has 8 heteroatoms. The lowest BCUT2D eigenvalue weighted by atomic mass is 10.2. The third-order valence-electron chi connectivity index (χ3n) is 2.79. The highest BCUT2D eigenvalue weighted by molar-refractivity contribution is 5.82. The lowest BCUT2D eigenvalue weighted by Gasteiger charge is -2.23. The summed E-state index contributed by atoms with van der Waals surface area (Å²) in [5, 5.41) is 18.1. The van der Waals surface area contributed by atoms with Gasteiger partial charge in [0.1, 0.15) is 18.2 Å². The molecule has 0 fully saturated rings. The highest BCUT2D eigenvalue weighted by Gasteiger charge is 2.24. The summed E-state index contributed by atoms with van der Waals surface area (Å²) in [6.07, 6.45) is 3.19. The molecule has 0 aliphatic heterocycles. The van der Waals surface area contributed by atoms with Gasteiger partial charge >= 0.3 is 12.0 Å². The van der Waals surface area contributed by atoms with Gasteiger partial charge in [0.15, 0.2) is 0 Å². The summed E-state index contributed by atoms with van der Waals surface area (Å²) in [7, 11) is 1.48. The molecule has 1 rings (SSSR count). The van der Waals surface area contributed by atoms with E-state index in [0.717, 1.165) is 5.82 Å². The lowest BCUT2D eigenvalue weighted by Crippen LogP contribution is -2.47. The number of aliphatic carboxylic acids is 1. The molecule has 0 radical (unpaired) electrons. The first-order valence-corrected chi connectivity index (χ1v) is 6.14. The van der Waals surface area contributed by atoms with E-state index in [2.05, 4.69) is 20.5 Å². The number of aromatic nitrogens is 3. The smallest absolute Gasteiger partial charge is 0.326 e. The van der Waals surface area contributed by atoms with E-state index in [1.807, 2.05) is 0 Å². The number of aromatic amines is 1. The number of rotatable bonds is 7. The van der Waals surface area contributed by atoms with Gasteiger partial charge in [0.25, 0.3) is 0 Å². The standard InChI is InChI=1S/C11H19N5O3/c1-3-8(10(17)18)16(2)11(19)12-6-4-5-9-13-7-14-15-9/h7-8H,3-6H2,1-2H3,(H,12,19)(H,17,18)(H,13,14,15). The number of hydrogen-bond donors (Lipinski definition) is 3. The van der Waals surface area contributed by atoms with Gasteiger partial charge in [0.05, 0.1) is 0 Å². The maximum atomic E-state index is 11.7. The molecule has 0 saturated carbocycles. The first kappa shape index (κ1) is 14.9. The van der Waals surface area contributed by atoms with Crippen LogP contribution < -0.4 is 5.32 Å². The highest BCUT2D eigenvalue weighted by atomic mass is 16.4. The van der Waals surface area contributed by atoms with Gasteiger partial charge in [-0.25, -0.2) is 14.6 Å². The van der Waals surface area contributed by atoms with Gasteiger partial charge in [-0.3, -0.25) is 5.10 Å². The average Bonchev–Trinajstić information content (AvgIpc) is 2.87. The number of carboxylic acids is 1. The van der Waals surface area contributed by atoms with Crippen molar-refractivity contribution in [3.63, 3.8) is 0 Å². The van der Waals surface area contributed by atoms with E-state index in [9.17, 15) is 9.59 Å². The number of nitrogens with zero attached hydrogens (tertiary/aromatic N) is 3. The Balaban J connectivity index is 2.28. The number of hydrogen-bond acceptors (Lipinski definition) is 4. The highest BCUT2D eigenvalue weighted by Crippen LogP contribution is 2.02. The fourth-order valence-electron chi connectivity index (χ4n) is 1.68. The van der Waals surface area contributed by atoms with Gasteiger partial charge < -0.3 is 15.3 Å². The van der Waals surface area contributed by atoms with E-state index in [-0.39, 0.29) is 6.03 Å². The summed E-state index contributed by atoms with van der Waals surface area (Å²) < 4.78 is 0. The maximum Gasteiger partial charge on any atom is 0.326 e. The molecule has 1 aromatic heterocycles. The SMILES string of the molecule is CCC(C(=O)O)N(C)C(=O)NCCCc1ncn[nH]1. The molecule has 1 atom stereocenters. The van der Waals surface area contributed by atoms with Gasteiger partial charge in [0, 0.05) is 20.0 Å². The number of likely N-dealkylation sites (N-methyl/N-ethyl adjacent to an activating group) is 1. The summed E-state index contributed by atoms with van der Waals surface area (Å²) in [4.78, 5) is 27.8. The molecule has 2 amide bonds. The van der Waals surface area contributed by atoms with Crippen molar-refractivity contribution in [3.8, 4) is 0 Å². The molecular formula is C11H19N5O3. The number of carbonyl (C=O) groups excluding carboxylic acids is 1. The zero-order valence-corrected chi connectivity index (χ0v) is 11.1. The monoisotopic (exact) mass is 269 g/mol. The molecule has 1 aromatic rings. The van der Waals surface area contributed by atoms with E-state index < -0.39 is 12.0 Å². The number of carbonyl (C=O) groups is 2. The Bertz CT molecular complexity index is 406. The second-order valence-electron chi connectivity index (χ2n) is 4.14. The summed E-state index contributed by atoms with van der Waals surface area (Å²) in [5.74, 6) is -0.235. The number of urea groups is 1. The topological polar surface area (TPSA) is 111 Å². The van der Waals surface area contributed by atoms with E-state index in [4.69, 9.17) is 5.11 Å². The van der Waals surface area contributed by atoms with Gasteiger partial charge in [-0.1, -0.05) is 6.92 Å². The fourth-order valence-corrected chi connectivity index (χ4v) is 1.68. The van der Waals surface area contributed by atoms with Crippen molar-refractivity contribution >= 4 is 12.0 Å². The van der Waals surface area contributed by atoms with Gasteiger partial charge in [-0.2, -0.15) is 5.10 Å². The van der Waals surface area contributed by atoms with Crippen LogP contribution >= 0.6 is 0 Å². The molecule has 0 saturated heterocycles. The largest absolute Gasteiger partial charge is 0.480 e. The molecule has 0 bridgehead atoms. The van der Waals surface area contributed by atoms with Crippen LogP contribution in [0.15, 0.2) is 6.33 Å². The van der Waals surface area contributed by atoms with Crippen molar-refractivity contribution in [2.45, 2.75) is 32.2 Å². The maximum absolute atomic E-state index is 11.7. The van der Waals surface area contributed by atoms with Crippen LogP contribution in [0.3, 0.4) is 0 Å². The van der Waals surface area contributed by atoms with Gasteiger partial charge in [0.2, 0.25) is 0 Å². The van der Waals surface area contributed by atoms with E-state index >= 15 is 0 Å². The van der Waals surface area contributed by atoms with E-state index in [1.54, 1.807) is 6.92 Å². The molecule has 1 unspecified atom stereocenters. The van der Waals surface area contributed by atoms with Crippen LogP contribution in [0.1, 0.15) is 25.6 Å². The molecule has 8 nitrogen and oxygen atoms in total. The quantitative estimate of drug-likeness (QED) is 0.614. The number of carboxylic acid groups (broad SMARTS) is 1. The minimum Gasteiger partial charge on any atom is -0.480 e. The van der Waals surface area contributed by atoms with Crippen molar-refractivity contribution in [3.05, 3.63) is 12.2 Å². The summed E-state index contributed by atoms with van der Waals surface area (Å²) >= 11 is 0. The summed E-state index contributed by atoms with van der Waals surface area (Å²) in [6, 6.07) is -1.18. The Hall–Kier alpha value is -2.12. The predicted octanol–water partition coefficient (Wildman–Crippen LogP) is 0.242. The third kappa shape index (κ3) is 4.57. The van der Waals surface area contributed by atoms with Crippen LogP contribution in [0.5, 0.6) is 0 Å². The number of aryl methyl sites for hydroxylation is 1. The summed E-state index contributed by atoms with van der Waals surface area (Å²) in [5.41, 5.74) is 0. The lowest BCUT2D eigenvalue weighted by molar-refractivity contribution is -0.141. The van der Waals surface area contributed by atoms with Crippen molar-refractivity contribution in [2.24, 2.45) is 0 Å². The van der Waals surface area contributed by atoms with Crippen LogP contribution in [0.25, 0.3) is 0 Å². The van der Waals surface area contributed by atoms with Crippen LogP contribution in [-0.2, 0) is 11.2 Å². The Kier molecular flexibility index (Phi) is 5.77. The van der Waals surface area contributed by atoms with Gasteiger partial charge in [-0.05, 0) is 12.8 Å². The molecule has 3 N–H and O–H groups in total. The van der Waals surface area contributed by atoms with Crippen molar-refractivity contribution in [2.75, 3.05) is 13.6 Å². The Morgan fingerprint density at radius 1 is 1.58 bits per heavy atom. The number of H-pyrrole nitrogens is 1. The normalized spacial score (nSPS) is 11.9. The Morgan fingerprint density at radius 3 is 2.84 bits per heavy atom. The Morgan fingerprint density at radius 2 is 2.32 bits per heavy atom. The van der Waals surface area contributed by atoms with Crippen molar-refractivity contribution < 1.29 is 14.7 Å². The zero-order valence-electron chi connectivity index (χ0n) is 11.1. The van der Waals surface area contributed by atoms with Crippen molar-refractivity contribution in [1.29, 1.82) is 0 Å². The second-order valence-corrected chi connectivity index (χ2v) is 4.14. The first-order chi connectivity index (χ1) is 9.06. The first-order valence-electron chi connectivity index (χ1n) is 6.14. The molecular weight excluding hydrogens is 250 g/mol. The Labute approximate surface area is 111 Å². The molecule has 0 spiro atoms. The second kappa shape index (κ2) is 7.34. The molecule has 0 aliphatic carbocycles. The van der Waals surface area contributed by atoms with Crippen LogP contribution in [0.2, 0.25) is 0 Å². The third-order valence-corrected chi connectivity index (χ3v) is 2.79. The van der Waals surface area contributed by atoms with Gasteiger partial charge in [-0.15, -0.1) is 0 Å². The minimum atomic E-state index is -0.998. The van der Waals surface area contributed by atoms with Crippen LogP contribution in [0.4, 0.5) is 4.79 Å². The molecule has 106 valence electrons. The van der Waals surface area contributed by atoms with E-state index in [0.29, 0.717) is 25.8 Å². The molecule has 19 heavy (non-hydrogen) atoms. The number of amides is 2. The average molecular weight is 269 g/mol. The van der Waals surface area contributed by atoms with Crippen LogP contribution in [-0.4, -0.2) is 56.8 Å². The molecule has 1 heterocycles. The molecule has 0 aromatic carbocycles. The van der Waals surface area contributed by atoms with E-state index in [1.165, 1.54) is 18.3 Å². The summed E-state index contributed by atoms with van der Waals surface area (Å²) in [6.45, 7) is 2.19. The zero-order chi connectivity index (χ0) is 14.3. The minimum absolute atomic E-state index is 0.372.